The maximum atomic E-state index is 4.55. The Bertz CT molecular complexity index is 626. The molecule has 3 nitrogen and oxygen atoms in total. The van der Waals surface area contributed by atoms with Crippen molar-refractivity contribution >= 4 is 11.5 Å². The molecule has 0 bridgehead atoms. The molecule has 24 heavy (non-hydrogen) atoms. The van der Waals surface area contributed by atoms with Gasteiger partial charge in [0.2, 0.25) is 0 Å². The topological polar surface area (TPSA) is 37.0 Å². The molecule has 4 rings (SSSR count). The first-order valence-electron chi connectivity index (χ1n) is 9.41. The second-order valence-electron chi connectivity index (χ2n) is 7.31. The van der Waals surface area contributed by atoms with Crippen LogP contribution in [0.4, 0.5) is 11.5 Å². The fraction of sp³-hybridized carbons (Fsp3) is 0.476. The van der Waals surface area contributed by atoms with Crippen molar-refractivity contribution in [1.29, 1.82) is 0 Å². The van der Waals surface area contributed by atoms with Crippen LogP contribution in [0.2, 0.25) is 0 Å². The summed E-state index contributed by atoms with van der Waals surface area (Å²) >= 11 is 0. The van der Waals surface area contributed by atoms with Gasteiger partial charge in [0.15, 0.2) is 0 Å². The average Bonchev–Trinajstić information content (AvgIpc) is 2.61. The smallest absolute Gasteiger partial charge is 0.126 e. The summed E-state index contributed by atoms with van der Waals surface area (Å²) in [4.78, 5) is 4.55. The Kier molecular flexibility index (Phi) is 4.68. The van der Waals surface area contributed by atoms with E-state index in [1.807, 2.05) is 6.20 Å². The van der Waals surface area contributed by atoms with Gasteiger partial charge in [-0.05, 0) is 68.6 Å². The van der Waals surface area contributed by atoms with Crippen LogP contribution in [0.5, 0.6) is 0 Å². The lowest BCUT2D eigenvalue weighted by molar-refractivity contribution is 0.412. The summed E-state index contributed by atoms with van der Waals surface area (Å²) in [7, 11) is 0. The third-order valence-electron chi connectivity index (χ3n) is 5.59. The SMILES string of the molecule is c1ccc(C2CCC(Nc3ccc(NC4CCC4)nc3)CC2)cc1. The zero-order valence-corrected chi connectivity index (χ0v) is 14.2. The van der Waals surface area contributed by atoms with Crippen LogP contribution in [0.15, 0.2) is 48.7 Å². The molecule has 2 aromatic rings. The van der Waals surface area contributed by atoms with E-state index < -0.39 is 0 Å². The van der Waals surface area contributed by atoms with Gasteiger partial charge >= 0.3 is 0 Å². The molecule has 0 saturated heterocycles. The predicted octanol–water partition coefficient (Wildman–Crippen LogP) is 5.18. The summed E-state index contributed by atoms with van der Waals surface area (Å²) in [5.41, 5.74) is 2.65. The van der Waals surface area contributed by atoms with Crippen LogP contribution >= 0.6 is 0 Å². The Morgan fingerprint density at radius 3 is 2.12 bits per heavy atom. The first kappa shape index (κ1) is 15.5. The molecule has 0 aliphatic heterocycles. The van der Waals surface area contributed by atoms with Crippen molar-refractivity contribution in [3.63, 3.8) is 0 Å². The van der Waals surface area contributed by atoms with E-state index in [0.29, 0.717) is 12.1 Å². The molecule has 0 atom stereocenters. The predicted molar refractivity (Wildman–Crippen MR) is 101 cm³/mol. The minimum atomic E-state index is 0.581. The molecule has 2 aliphatic carbocycles. The second kappa shape index (κ2) is 7.25. The molecular weight excluding hydrogens is 294 g/mol. The van der Waals surface area contributed by atoms with Crippen LogP contribution in [0.3, 0.4) is 0 Å². The fourth-order valence-electron chi connectivity index (χ4n) is 3.86. The lowest BCUT2D eigenvalue weighted by atomic mass is 9.82. The highest BCUT2D eigenvalue weighted by Crippen LogP contribution is 2.34. The summed E-state index contributed by atoms with van der Waals surface area (Å²) < 4.78 is 0. The molecule has 1 aromatic heterocycles. The van der Waals surface area contributed by atoms with Gasteiger partial charge in [0.25, 0.3) is 0 Å². The van der Waals surface area contributed by atoms with Gasteiger partial charge < -0.3 is 10.6 Å². The molecule has 2 saturated carbocycles. The van der Waals surface area contributed by atoms with E-state index in [2.05, 4.69) is 58.1 Å². The maximum Gasteiger partial charge on any atom is 0.126 e. The summed E-state index contributed by atoms with van der Waals surface area (Å²) in [6.07, 6.45) is 10.9. The molecule has 0 radical (unpaired) electrons. The fourth-order valence-corrected chi connectivity index (χ4v) is 3.86. The van der Waals surface area contributed by atoms with Gasteiger partial charge in [-0.1, -0.05) is 30.3 Å². The second-order valence-corrected chi connectivity index (χ2v) is 7.31. The van der Waals surface area contributed by atoms with Crippen LogP contribution < -0.4 is 10.6 Å². The Morgan fingerprint density at radius 1 is 0.750 bits per heavy atom. The van der Waals surface area contributed by atoms with Crippen molar-refractivity contribution in [2.45, 2.75) is 62.9 Å². The van der Waals surface area contributed by atoms with E-state index in [0.717, 1.165) is 17.4 Å². The quantitative estimate of drug-likeness (QED) is 0.796. The van der Waals surface area contributed by atoms with Crippen LogP contribution in [0.25, 0.3) is 0 Å². The maximum absolute atomic E-state index is 4.55. The Hall–Kier alpha value is -2.03. The monoisotopic (exact) mass is 321 g/mol. The van der Waals surface area contributed by atoms with Crippen molar-refractivity contribution in [2.24, 2.45) is 0 Å². The van der Waals surface area contributed by atoms with Gasteiger partial charge in [-0.25, -0.2) is 4.98 Å². The van der Waals surface area contributed by atoms with Gasteiger partial charge in [0.05, 0.1) is 11.9 Å². The summed E-state index contributed by atoms with van der Waals surface area (Å²) in [6.45, 7) is 0. The van der Waals surface area contributed by atoms with E-state index >= 15 is 0 Å². The Labute approximate surface area is 144 Å². The van der Waals surface area contributed by atoms with Crippen LogP contribution in [-0.4, -0.2) is 17.1 Å². The average molecular weight is 321 g/mol. The minimum Gasteiger partial charge on any atom is -0.381 e. The normalized spacial score (nSPS) is 24.2. The number of benzene rings is 1. The van der Waals surface area contributed by atoms with E-state index in [1.165, 1.54) is 50.5 Å². The number of anilines is 2. The summed E-state index contributed by atoms with van der Waals surface area (Å²) in [5, 5.41) is 7.17. The van der Waals surface area contributed by atoms with E-state index in [9.17, 15) is 0 Å². The molecule has 126 valence electrons. The number of hydrogen-bond acceptors (Lipinski definition) is 3. The van der Waals surface area contributed by atoms with Crippen molar-refractivity contribution in [3.8, 4) is 0 Å². The molecular formula is C21H27N3. The van der Waals surface area contributed by atoms with E-state index in [1.54, 1.807) is 0 Å². The van der Waals surface area contributed by atoms with Gasteiger partial charge in [0.1, 0.15) is 5.82 Å². The molecule has 3 heteroatoms. The molecule has 1 aromatic carbocycles. The zero-order chi connectivity index (χ0) is 16.2. The third-order valence-corrected chi connectivity index (χ3v) is 5.59. The van der Waals surface area contributed by atoms with Crippen molar-refractivity contribution in [3.05, 3.63) is 54.2 Å². The third kappa shape index (κ3) is 3.72. The minimum absolute atomic E-state index is 0.581. The Balaban J connectivity index is 1.27. The lowest BCUT2D eigenvalue weighted by Crippen LogP contribution is -2.27. The highest BCUT2D eigenvalue weighted by atomic mass is 15.0. The highest BCUT2D eigenvalue weighted by molar-refractivity contribution is 5.48. The van der Waals surface area contributed by atoms with Crippen LogP contribution in [0.1, 0.15) is 56.4 Å². The van der Waals surface area contributed by atoms with Gasteiger partial charge in [0, 0.05) is 12.1 Å². The summed E-state index contributed by atoms with van der Waals surface area (Å²) in [5.74, 6) is 1.74. The largest absolute Gasteiger partial charge is 0.381 e. The van der Waals surface area contributed by atoms with Crippen molar-refractivity contribution < 1.29 is 0 Å². The zero-order valence-electron chi connectivity index (χ0n) is 14.2. The first-order valence-corrected chi connectivity index (χ1v) is 9.41. The van der Waals surface area contributed by atoms with Crippen LogP contribution in [0, 0.1) is 0 Å². The first-order chi connectivity index (χ1) is 11.9. The number of nitrogens with one attached hydrogen (secondary N) is 2. The molecule has 0 amide bonds. The molecule has 0 spiro atoms. The van der Waals surface area contributed by atoms with Gasteiger partial charge in [-0.2, -0.15) is 0 Å². The molecule has 1 heterocycles. The number of rotatable bonds is 5. The molecule has 2 aliphatic rings. The summed E-state index contributed by atoms with van der Waals surface area (Å²) in [6, 6.07) is 16.5. The number of pyridine rings is 1. The van der Waals surface area contributed by atoms with Crippen molar-refractivity contribution in [2.75, 3.05) is 10.6 Å². The number of hydrogen-bond donors (Lipinski definition) is 2. The van der Waals surface area contributed by atoms with Gasteiger partial charge in [-0.3, -0.25) is 0 Å². The molecule has 2 fully saturated rings. The van der Waals surface area contributed by atoms with Gasteiger partial charge in [-0.15, -0.1) is 0 Å². The van der Waals surface area contributed by atoms with Crippen LogP contribution in [-0.2, 0) is 0 Å². The molecule has 0 unspecified atom stereocenters. The molecule has 2 N–H and O–H groups in total. The number of nitrogens with zero attached hydrogens (tertiary/aromatic N) is 1. The van der Waals surface area contributed by atoms with E-state index in [4.69, 9.17) is 0 Å². The Morgan fingerprint density at radius 2 is 1.50 bits per heavy atom. The highest BCUT2D eigenvalue weighted by Gasteiger charge is 2.22. The standard InChI is InChI=1S/C21H27N3/c1-2-5-16(6-3-1)17-9-11-19(12-10-17)23-20-13-14-21(22-15-20)24-18-7-4-8-18/h1-3,5-6,13-15,17-19,23H,4,7-12H2,(H,22,24). The van der Waals surface area contributed by atoms with E-state index in [-0.39, 0.29) is 0 Å². The van der Waals surface area contributed by atoms with Crippen molar-refractivity contribution in [1.82, 2.24) is 4.98 Å². The number of aromatic nitrogens is 1. The lowest BCUT2D eigenvalue weighted by Gasteiger charge is -2.30.